The van der Waals surface area contributed by atoms with Gasteiger partial charge >= 0.3 is 0 Å². The van der Waals surface area contributed by atoms with Gasteiger partial charge in [0.05, 0.1) is 6.10 Å². The van der Waals surface area contributed by atoms with E-state index in [1.165, 1.54) is 6.42 Å². The first-order valence-corrected chi connectivity index (χ1v) is 3.76. The molecule has 1 rings (SSSR count). The Morgan fingerprint density at radius 2 is 2.33 bits per heavy atom. The Morgan fingerprint density at radius 1 is 1.56 bits per heavy atom. The molecule has 0 bridgehead atoms. The first kappa shape index (κ1) is 7.03. The van der Waals surface area contributed by atoms with Crippen molar-refractivity contribution in [3.8, 4) is 0 Å². The Balaban J connectivity index is 2.22. The second kappa shape index (κ2) is 3.18. The maximum Gasteiger partial charge on any atom is 0.0693 e. The summed E-state index contributed by atoms with van der Waals surface area (Å²) in [6.07, 6.45) is 3.23. The molecule has 2 nitrogen and oxygen atoms in total. The molecule has 2 unspecified atom stereocenters. The molecule has 0 amide bonds. The molecular formula is C7H15NO. The molecule has 0 radical (unpaired) electrons. The lowest BCUT2D eigenvalue weighted by Crippen LogP contribution is -2.35. The van der Waals surface area contributed by atoms with Crippen LogP contribution in [0.25, 0.3) is 0 Å². The summed E-state index contributed by atoms with van der Waals surface area (Å²) in [7, 11) is 0. The zero-order chi connectivity index (χ0) is 6.69. The second-order valence-electron chi connectivity index (χ2n) is 2.66. The van der Waals surface area contributed by atoms with Gasteiger partial charge in [-0.05, 0) is 25.8 Å². The summed E-state index contributed by atoms with van der Waals surface area (Å²) in [6.45, 7) is 3.05. The van der Waals surface area contributed by atoms with Crippen molar-refractivity contribution in [1.82, 2.24) is 5.32 Å². The quantitative estimate of drug-likeness (QED) is 0.569. The largest absolute Gasteiger partial charge is 0.392 e. The topological polar surface area (TPSA) is 32.3 Å². The van der Waals surface area contributed by atoms with Crippen molar-refractivity contribution < 1.29 is 5.11 Å². The summed E-state index contributed by atoms with van der Waals surface area (Å²) in [6, 6.07) is 0.384. The zero-order valence-electron chi connectivity index (χ0n) is 5.93. The highest BCUT2D eigenvalue weighted by atomic mass is 16.3. The third-order valence-electron chi connectivity index (χ3n) is 1.95. The maximum atomic E-state index is 9.26. The summed E-state index contributed by atoms with van der Waals surface area (Å²) in [5, 5.41) is 12.5. The smallest absolute Gasteiger partial charge is 0.0693 e. The van der Waals surface area contributed by atoms with Gasteiger partial charge in [-0.1, -0.05) is 6.92 Å². The van der Waals surface area contributed by atoms with Gasteiger partial charge in [-0.3, -0.25) is 0 Å². The van der Waals surface area contributed by atoms with Crippen molar-refractivity contribution in [2.45, 2.75) is 38.3 Å². The van der Waals surface area contributed by atoms with E-state index in [1.54, 1.807) is 0 Å². The van der Waals surface area contributed by atoms with Gasteiger partial charge in [0.2, 0.25) is 0 Å². The van der Waals surface area contributed by atoms with Gasteiger partial charge in [-0.25, -0.2) is 0 Å². The molecule has 0 aromatic rings. The Kier molecular flexibility index (Phi) is 2.49. The molecule has 2 N–H and O–H groups in total. The van der Waals surface area contributed by atoms with Crippen LogP contribution in [0.1, 0.15) is 26.2 Å². The molecule has 0 heterocycles. The molecule has 1 saturated carbocycles. The van der Waals surface area contributed by atoms with Crippen LogP contribution >= 0.6 is 0 Å². The lowest BCUT2D eigenvalue weighted by Gasteiger charge is -2.13. The van der Waals surface area contributed by atoms with E-state index in [0.29, 0.717) is 6.04 Å². The number of hydrogen-bond acceptors (Lipinski definition) is 2. The van der Waals surface area contributed by atoms with Crippen molar-refractivity contribution >= 4 is 0 Å². The highest BCUT2D eigenvalue weighted by Gasteiger charge is 2.23. The van der Waals surface area contributed by atoms with Crippen LogP contribution in [0.3, 0.4) is 0 Å². The van der Waals surface area contributed by atoms with E-state index >= 15 is 0 Å². The van der Waals surface area contributed by atoms with Crippen molar-refractivity contribution in [1.29, 1.82) is 0 Å². The average Bonchev–Trinajstić information content (AvgIpc) is 2.18. The second-order valence-corrected chi connectivity index (χ2v) is 2.66. The molecule has 0 saturated heterocycles. The van der Waals surface area contributed by atoms with Crippen molar-refractivity contribution in [2.75, 3.05) is 6.54 Å². The highest BCUT2D eigenvalue weighted by molar-refractivity contribution is 4.81. The zero-order valence-corrected chi connectivity index (χ0v) is 5.93. The summed E-state index contributed by atoms with van der Waals surface area (Å²) in [4.78, 5) is 0. The lowest BCUT2D eigenvalue weighted by atomic mass is 10.2. The Labute approximate surface area is 56.3 Å². The summed E-state index contributed by atoms with van der Waals surface area (Å²) in [5.74, 6) is 0. The monoisotopic (exact) mass is 129 g/mol. The fraction of sp³-hybridized carbons (Fsp3) is 1.00. The fourth-order valence-corrected chi connectivity index (χ4v) is 1.44. The number of nitrogens with one attached hydrogen (secondary N) is 1. The predicted molar refractivity (Wildman–Crippen MR) is 37.3 cm³/mol. The van der Waals surface area contributed by atoms with Crippen LogP contribution < -0.4 is 5.32 Å². The molecule has 1 fully saturated rings. The Bertz CT molecular complexity index is 85.0. The van der Waals surface area contributed by atoms with Crippen LogP contribution in [0, 0.1) is 0 Å². The number of aliphatic hydroxyl groups is 1. The molecule has 0 aliphatic heterocycles. The van der Waals surface area contributed by atoms with E-state index in [-0.39, 0.29) is 6.10 Å². The predicted octanol–water partition coefficient (Wildman–Crippen LogP) is 0.509. The summed E-state index contributed by atoms with van der Waals surface area (Å²) >= 11 is 0. The van der Waals surface area contributed by atoms with Crippen molar-refractivity contribution in [2.24, 2.45) is 0 Å². The molecule has 0 aromatic heterocycles. The molecule has 0 aromatic carbocycles. The first-order chi connectivity index (χ1) is 4.34. The van der Waals surface area contributed by atoms with E-state index < -0.39 is 0 Å². The molecule has 2 atom stereocenters. The number of rotatable bonds is 2. The molecule has 2 heteroatoms. The first-order valence-electron chi connectivity index (χ1n) is 3.76. The Hall–Kier alpha value is -0.0800. The van der Waals surface area contributed by atoms with Crippen LogP contribution in [-0.2, 0) is 0 Å². The van der Waals surface area contributed by atoms with Crippen LogP contribution in [0.15, 0.2) is 0 Å². The van der Waals surface area contributed by atoms with Crippen molar-refractivity contribution in [3.05, 3.63) is 0 Å². The normalized spacial score (nSPS) is 35.3. The van der Waals surface area contributed by atoms with Gasteiger partial charge in [-0.15, -0.1) is 0 Å². The van der Waals surface area contributed by atoms with Crippen LogP contribution in [0.4, 0.5) is 0 Å². The maximum absolute atomic E-state index is 9.26. The fourth-order valence-electron chi connectivity index (χ4n) is 1.44. The minimum Gasteiger partial charge on any atom is -0.392 e. The van der Waals surface area contributed by atoms with Gasteiger partial charge in [0.25, 0.3) is 0 Å². The van der Waals surface area contributed by atoms with Gasteiger partial charge < -0.3 is 10.4 Å². The molecule has 0 spiro atoms. The SMILES string of the molecule is CCNC1CCCC1O. The van der Waals surface area contributed by atoms with Crippen molar-refractivity contribution in [3.63, 3.8) is 0 Å². The van der Waals surface area contributed by atoms with Gasteiger partial charge in [0, 0.05) is 6.04 Å². The van der Waals surface area contributed by atoms with Crippen LogP contribution in [-0.4, -0.2) is 23.8 Å². The van der Waals surface area contributed by atoms with E-state index in [2.05, 4.69) is 12.2 Å². The van der Waals surface area contributed by atoms with Gasteiger partial charge in [0.1, 0.15) is 0 Å². The van der Waals surface area contributed by atoms with E-state index in [4.69, 9.17) is 0 Å². The highest BCUT2D eigenvalue weighted by Crippen LogP contribution is 2.18. The van der Waals surface area contributed by atoms with Crippen LogP contribution in [0.2, 0.25) is 0 Å². The molecule has 54 valence electrons. The molecular weight excluding hydrogens is 114 g/mol. The third-order valence-corrected chi connectivity index (χ3v) is 1.95. The molecule has 1 aliphatic rings. The number of hydrogen-bond donors (Lipinski definition) is 2. The third kappa shape index (κ3) is 1.66. The van der Waals surface area contributed by atoms with Gasteiger partial charge in [0.15, 0.2) is 0 Å². The molecule has 1 aliphatic carbocycles. The minimum atomic E-state index is -0.0788. The van der Waals surface area contributed by atoms with E-state index in [1.807, 2.05) is 0 Å². The Morgan fingerprint density at radius 3 is 2.78 bits per heavy atom. The summed E-state index contributed by atoms with van der Waals surface area (Å²) in [5.41, 5.74) is 0. The number of aliphatic hydroxyl groups excluding tert-OH is 1. The van der Waals surface area contributed by atoms with Crippen LogP contribution in [0.5, 0.6) is 0 Å². The summed E-state index contributed by atoms with van der Waals surface area (Å²) < 4.78 is 0. The standard InChI is InChI=1S/C7H15NO/c1-2-8-6-4-3-5-7(6)9/h6-9H,2-5H2,1H3. The average molecular weight is 129 g/mol. The minimum absolute atomic E-state index is 0.0788. The van der Waals surface area contributed by atoms with E-state index in [9.17, 15) is 5.11 Å². The molecule has 9 heavy (non-hydrogen) atoms. The van der Waals surface area contributed by atoms with E-state index in [0.717, 1.165) is 19.4 Å². The lowest BCUT2D eigenvalue weighted by molar-refractivity contribution is 0.150. The van der Waals surface area contributed by atoms with Gasteiger partial charge in [-0.2, -0.15) is 0 Å². The number of likely N-dealkylation sites (N-methyl/N-ethyl adjacent to an activating group) is 1.